The molecule has 3 nitrogen and oxygen atoms in total. The van der Waals surface area contributed by atoms with Gasteiger partial charge in [0.05, 0.1) is 5.56 Å². The van der Waals surface area contributed by atoms with Gasteiger partial charge in [-0.15, -0.1) is 0 Å². The van der Waals surface area contributed by atoms with E-state index in [4.69, 9.17) is 4.74 Å². The van der Waals surface area contributed by atoms with E-state index in [1.54, 1.807) is 12.1 Å². The van der Waals surface area contributed by atoms with Crippen LogP contribution in [0.4, 0.5) is 0 Å². The number of ether oxygens (including phenoxy) is 1. The van der Waals surface area contributed by atoms with Crippen LogP contribution in [-0.4, -0.2) is 11.1 Å². The lowest BCUT2D eigenvalue weighted by Gasteiger charge is -2.35. The monoisotopic (exact) mass is 380 g/mol. The van der Waals surface area contributed by atoms with Crippen LogP contribution in [0.3, 0.4) is 0 Å². The molecule has 0 aromatic heterocycles. The lowest BCUT2D eigenvalue weighted by molar-refractivity contribution is 0.0695. The van der Waals surface area contributed by atoms with Gasteiger partial charge in [-0.2, -0.15) is 0 Å². The van der Waals surface area contributed by atoms with Crippen LogP contribution in [0.5, 0.6) is 5.75 Å². The summed E-state index contributed by atoms with van der Waals surface area (Å²) in [4.78, 5) is 11.5. The molecule has 1 aliphatic heterocycles. The zero-order valence-electron chi connectivity index (χ0n) is 17.7. The van der Waals surface area contributed by atoms with Crippen LogP contribution >= 0.6 is 0 Å². The van der Waals surface area contributed by atoms with Crippen molar-refractivity contribution in [3.63, 3.8) is 0 Å². The molecular formula is C25H32O3. The molecule has 0 amide bonds. The number of carboxylic acids is 1. The van der Waals surface area contributed by atoms with Crippen LogP contribution in [-0.2, 0) is 5.60 Å². The first-order valence-corrected chi connectivity index (χ1v) is 10.5. The first-order valence-electron chi connectivity index (χ1n) is 10.5. The van der Waals surface area contributed by atoms with Crippen LogP contribution in [0.2, 0.25) is 0 Å². The Kier molecular flexibility index (Phi) is 5.83. The smallest absolute Gasteiger partial charge is 0.335 e. The highest BCUT2D eigenvalue weighted by Gasteiger charge is 2.33. The third-order valence-corrected chi connectivity index (χ3v) is 6.22. The number of carboxylic acid groups (broad SMARTS) is 1. The quantitative estimate of drug-likeness (QED) is 0.526. The Morgan fingerprint density at radius 2 is 1.82 bits per heavy atom. The van der Waals surface area contributed by atoms with Gasteiger partial charge in [0.1, 0.15) is 11.4 Å². The number of carbonyl (C=O) groups is 1. The minimum Gasteiger partial charge on any atom is -0.482 e. The molecule has 150 valence electrons. The van der Waals surface area contributed by atoms with Gasteiger partial charge in [-0.1, -0.05) is 64.7 Å². The molecule has 1 aliphatic rings. The van der Waals surface area contributed by atoms with Crippen LogP contribution < -0.4 is 4.74 Å². The highest BCUT2D eigenvalue weighted by atomic mass is 16.5. The van der Waals surface area contributed by atoms with Crippen molar-refractivity contribution in [3.8, 4) is 16.9 Å². The predicted octanol–water partition coefficient (Wildman–Crippen LogP) is 7.00. The van der Waals surface area contributed by atoms with E-state index in [-0.39, 0.29) is 0 Å². The number of hydrogen-bond donors (Lipinski definition) is 1. The molecule has 2 aromatic rings. The summed E-state index contributed by atoms with van der Waals surface area (Å²) in [5.41, 5.74) is 4.07. The van der Waals surface area contributed by atoms with E-state index in [1.807, 2.05) is 19.9 Å². The Morgan fingerprint density at radius 1 is 1.07 bits per heavy atom. The molecule has 2 unspecified atom stereocenters. The molecule has 0 saturated heterocycles. The van der Waals surface area contributed by atoms with Crippen molar-refractivity contribution in [2.75, 3.05) is 0 Å². The third kappa shape index (κ3) is 3.94. The van der Waals surface area contributed by atoms with E-state index in [0.29, 0.717) is 17.4 Å². The van der Waals surface area contributed by atoms with Crippen molar-refractivity contribution in [2.45, 2.75) is 71.8 Å². The second kappa shape index (κ2) is 7.98. The fourth-order valence-electron chi connectivity index (χ4n) is 4.18. The van der Waals surface area contributed by atoms with Gasteiger partial charge >= 0.3 is 5.97 Å². The normalized spacial score (nSPS) is 16.5. The van der Waals surface area contributed by atoms with Crippen molar-refractivity contribution in [1.29, 1.82) is 0 Å². The molecule has 1 heterocycles. The maximum absolute atomic E-state index is 11.5. The van der Waals surface area contributed by atoms with Gasteiger partial charge in [-0.05, 0) is 55.0 Å². The standard InChI is InChI=1S/C25H32O3/c1-6-7-8-9-16(2)17(3)18-10-12-20-21-14-19(24(26)27)11-13-22(21)25(4,5)28-23(20)15-18/h10-17H,6-9H2,1-5H3,(H,26,27). The zero-order valence-corrected chi connectivity index (χ0v) is 17.7. The van der Waals surface area contributed by atoms with Gasteiger partial charge in [0.25, 0.3) is 0 Å². The Morgan fingerprint density at radius 3 is 2.50 bits per heavy atom. The molecule has 1 N–H and O–H groups in total. The van der Waals surface area contributed by atoms with Gasteiger partial charge in [-0.3, -0.25) is 0 Å². The summed E-state index contributed by atoms with van der Waals surface area (Å²) in [6.07, 6.45) is 5.06. The van der Waals surface area contributed by atoms with Crippen molar-refractivity contribution >= 4 is 5.97 Å². The fraction of sp³-hybridized carbons (Fsp3) is 0.480. The summed E-state index contributed by atoms with van der Waals surface area (Å²) in [7, 11) is 0. The largest absolute Gasteiger partial charge is 0.482 e. The lowest BCUT2D eigenvalue weighted by atomic mass is 9.82. The summed E-state index contributed by atoms with van der Waals surface area (Å²) in [5.74, 6) is 1.03. The Balaban J connectivity index is 1.96. The SMILES string of the molecule is CCCCCC(C)C(C)c1ccc2c(c1)OC(C)(C)c1ccc(C(=O)O)cc1-2. The van der Waals surface area contributed by atoms with Crippen molar-refractivity contribution in [3.05, 3.63) is 53.1 Å². The minimum absolute atomic E-state index is 0.310. The van der Waals surface area contributed by atoms with E-state index < -0.39 is 11.6 Å². The topological polar surface area (TPSA) is 46.5 Å². The summed E-state index contributed by atoms with van der Waals surface area (Å²) < 4.78 is 6.37. The van der Waals surface area contributed by atoms with Gasteiger partial charge in [-0.25, -0.2) is 4.79 Å². The van der Waals surface area contributed by atoms with Gasteiger partial charge < -0.3 is 9.84 Å². The van der Waals surface area contributed by atoms with E-state index in [1.165, 1.54) is 31.2 Å². The van der Waals surface area contributed by atoms with Crippen molar-refractivity contribution < 1.29 is 14.6 Å². The number of fused-ring (bicyclic) bond motifs is 3. The van der Waals surface area contributed by atoms with Gasteiger partial charge in [0, 0.05) is 11.1 Å². The second-order valence-electron chi connectivity index (χ2n) is 8.70. The number of rotatable bonds is 7. The molecular weight excluding hydrogens is 348 g/mol. The van der Waals surface area contributed by atoms with Crippen LogP contribution in [0.1, 0.15) is 87.7 Å². The number of aromatic carboxylic acids is 1. The second-order valence-corrected chi connectivity index (χ2v) is 8.70. The Bertz CT molecular complexity index is 866. The summed E-state index contributed by atoms with van der Waals surface area (Å²) in [5, 5.41) is 9.40. The Hall–Kier alpha value is -2.29. The van der Waals surface area contributed by atoms with Crippen LogP contribution in [0.15, 0.2) is 36.4 Å². The Labute approximate surface area is 168 Å². The number of unbranched alkanes of at least 4 members (excludes halogenated alkanes) is 2. The zero-order chi connectivity index (χ0) is 20.5. The predicted molar refractivity (Wildman–Crippen MR) is 114 cm³/mol. The molecule has 2 aromatic carbocycles. The maximum Gasteiger partial charge on any atom is 0.335 e. The molecule has 0 saturated carbocycles. The average molecular weight is 381 g/mol. The van der Waals surface area contributed by atoms with Gasteiger partial charge in [0.2, 0.25) is 0 Å². The first kappa shape index (κ1) is 20.4. The molecule has 0 spiro atoms. The molecule has 0 radical (unpaired) electrons. The summed E-state index contributed by atoms with van der Waals surface area (Å²) >= 11 is 0. The van der Waals surface area contributed by atoms with E-state index in [0.717, 1.165) is 22.4 Å². The summed E-state index contributed by atoms with van der Waals surface area (Å²) in [6, 6.07) is 11.8. The molecule has 0 aliphatic carbocycles. The molecule has 28 heavy (non-hydrogen) atoms. The molecule has 3 heteroatoms. The van der Waals surface area contributed by atoms with E-state index >= 15 is 0 Å². The fourth-order valence-corrected chi connectivity index (χ4v) is 4.18. The minimum atomic E-state index is -0.903. The van der Waals surface area contributed by atoms with Crippen LogP contribution in [0, 0.1) is 5.92 Å². The van der Waals surface area contributed by atoms with Crippen molar-refractivity contribution in [1.82, 2.24) is 0 Å². The van der Waals surface area contributed by atoms with E-state index in [2.05, 4.69) is 39.0 Å². The molecule has 0 bridgehead atoms. The highest BCUT2D eigenvalue weighted by molar-refractivity contribution is 5.91. The molecule has 2 atom stereocenters. The number of benzene rings is 2. The number of hydrogen-bond acceptors (Lipinski definition) is 2. The van der Waals surface area contributed by atoms with E-state index in [9.17, 15) is 9.90 Å². The average Bonchev–Trinajstić information content (AvgIpc) is 2.66. The molecule has 3 rings (SSSR count). The summed E-state index contributed by atoms with van der Waals surface area (Å²) in [6.45, 7) is 10.9. The lowest BCUT2D eigenvalue weighted by Crippen LogP contribution is -2.29. The van der Waals surface area contributed by atoms with Crippen molar-refractivity contribution in [2.24, 2.45) is 5.92 Å². The third-order valence-electron chi connectivity index (χ3n) is 6.22. The van der Waals surface area contributed by atoms with Gasteiger partial charge in [0.15, 0.2) is 0 Å². The highest BCUT2D eigenvalue weighted by Crippen LogP contribution is 2.46. The molecule has 0 fully saturated rings. The maximum atomic E-state index is 11.5. The first-order chi connectivity index (χ1) is 13.2. The van der Waals surface area contributed by atoms with Crippen LogP contribution in [0.25, 0.3) is 11.1 Å².